The highest BCUT2D eigenvalue weighted by molar-refractivity contribution is 5.87. The Labute approximate surface area is 103 Å². The summed E-state index contributed by atoms with van der Waals surface area (Å²) in [6, 6.07) is 10.5. The number of carbonyl (C=O) groups excluding carboxylic acids is 1. The van der Waals surface area contributed by atoms with E-state index in [4.69, 9.17) is 0 Å². The molecule has 2 nitrogen and oxygen atoms in total. The van der Waals surface area contributed by atoms with Crippen LogP contribution in [0.4, 0.5) is 0 Å². The lowest BCUT2D eigenvalue weighted by atomic mass is 9.83. The van der Waals surface area contributed by atoms with E-state index in [0.717, 1.165) is 6.42 Å². The van der Waals surface area contributed by atoms with Gasteiger partial charge in [-0.15, -0.1) is 6.58 Å². The predicted octanol–water partition coefficient (Wildman–Crippen LogP) is 3.17. The summed E-state index contributed by atoms with van der Waals surface area (Å²) < 4.78 is 0. The highest BCUT2D eigenvalue weighted by Crippen LogP contribution is 2.37. The van der Waals surface area contributed by atoms with Gasteiger partial charge in [-0.3, -0.25) is 4.79 Å². The van der Waals surface area contributed by atoms with Crippen molar-refractivity contribution in [3.63, 3.8) is 0 Å². The van der Waals surface area contributed by atoms with Crippen molar-refractivity contribution in [3.8, 4) is 0 Å². The molecule has 0 saturated carbocycles. The van der Waals surface area contributed by atoms with E-state index >= 15 is 0 Å². The highest BCUT2D eigenvalue weighted by Gasteiger charge is 2.46. The van der Waals surface area contributed by atoms with Crippen LogP contribution in [0.2, 0.25) is 0 Å². The van der Waals surface area contributed by atoms with Gasteiger partial charge in [0.05, 0.1) is 18.0 Å². The molecule has 0 radical (unpaired) electrons. The molecule has 1 aromatic carbocycles. The van der Waals surface area contributed by atoms with Gasteiger partial charge in [-0.05, 0) is 18.9 Å². The SMILES string of the molecule is C=C[C@@H]1[C@@H](CC)C(=O)N1[C@@H](C)c1ccccc1. The van der Waals surface area contributed by atoms with Crippen LogP contribution in [0, 0.1) is 5.92 Å². The molecule has 2 heteroatoms. The Morgan fingerprint density at radius 2 is 2.06 bits per heavy atom. The molecule has 0 aromatic heterocycles. The molecule has 1 aromatic rings. The molecule has 1 aliphatic heterocycles. The number of rotatable bonds is 4. The molecule has 1 heterocycles. The third kappa shape index (κ3) is 1.88. The summed E-state index contributed by atoms with van der Waals surface area (Å²) >= 11 is 0. The first-order chi connectivity index (χ1) is 8.20. The van der Waals surface area contributed by atoms with Crippen LogP contribution in [0.25, 0.3) is 0 Å². The van der Waals surface area contributed by atoms with Crippen LogP contribution < -0.4 is 0 Å². The minimum atomic E-state index is 0.134. The van der Waals surface area contributed by atoms with Gasteiger partial charge in [0.25, 0.3) is 0 Å². The second-order valence-electron chi connectivity index (χ2n) is 4.57. The summed E-state index contributed by atoms with van der Waals surface area (Å²) in [5, 5.41) is 0. The lowest BCUT2D eigenvalue weighted by Crippen LogP contribution is -2.60. The van der Waals surface area contributed by atoms with Gasteiger partial charge in [-0.2, -0.15) is 0 Å². The van der Waals surface area contributed by atoms with Gasteiger partial charge in [0.2, 0.25) is 5.91 Å². The third-order valence-corrected chi connectivity index (χ3v) is 3.69. The van der Waals surface area contributed by atoms with E-state index < -0.39 is 0 Å². The zero-order chi connectivity index (χ0) is 12.4. The number of likely N-dealkylation sites (tertiary alicyclic amines) is 1. The number of carbonyl (C=O) groups is 1. The summed E-state index contributed by atoms with van der Waals surface area (Å²) in [7, 11) is 0. The fraction of sp³-hybridized carbons (Fsp3) is 0.400. The van der Waals surface area contributed by atoms with E-state index in [-0.39, 0.29) is 23.9 Å². The zero-order valence-corrected chi connectivity index (χ0v) is 10.5. The van der Waals surface area contributed by atoms with Crippen molar-refractivity contribution in [1.82, 2.24) is 4.90 Å². The average molecular weight is 229 g/mol. The molecular formula is C15H19NO. The zero-order valence-electron chi connectivity index (χ0n) is 10.5. The Balaban J connectivity index is 2.18. The van der Waals surface area contributed by atoms with E-state index in [1.54, 1.807) is 0 Å². The van der Waals surface area contributed by atoms with Crippen LogP contribution in [0.5, 0.6) is 0 Å². The largest absolute Gasteiger partial charge is 0.328 e. The molecule has 90 valence electrons. The maximum absolute atomic E-state index is 12.1. The van der Waals surface area contributed by atoms with Crippen LogP contribution >= 0.6 is 0 Å². The Kier molecular flexibility index (Phi) is 3.32. The third-order valence-electron chi connectivity index (χ3n) is 3.69. The van der Waals surface area contributed by atoms with E-state index in [0.29, 0.717) is 0 Å². The van der Waals surface area contributed by atoms with Crippen molar-refractivity contribution in [2.75, 3.05) is 0 Å². The molecular weight excluding hydrogens is 210 g/mol. The summed E-state index contributed by atoms with van der Waals surface area (Å²) in [6.45, 7) is 7.99. The van der Waals surface area contributed by atoms with E-state index in [2.05, 4.69) is 32.6 Å². The highest BCUT2D eigenvalue weighted by atomic mass is 16.2. The molecule has 1 aliphatic rings. The van der Waals surface area contributed by atoms with Crippen LogP contribution in [-0.2, 0) is 4.79 Å². The quantitative estimate of drug-likeness (QED) is 0.573. The first kappa shape index (κ1) is 11.9. The molecule has 0 unspecified atom stereocenters. The van der Waals surface area contributed by atoms with Crippen LogP contribution in [0.3, 0.4) is 0 Å². The first-order valence-electron chi connectivity index (χ1n) is 6.20. The topological polar surface area (TPSA) is 20.3 Å². The van der Waals surface area contributed by atoms with E-state index in [1.165, 1.54) is 5.56 Å². The Bertz CT molecular complexity index is 412. The molecule has 3 atom stereocenters. The van der Waals surface area contributed by atoms with Gasteiger partial charge in [0.15, 0.2) is 0 Å². The van der Waals surface area contributed by atoms with Crippen LogP contribution in [0.1, 0.15) is 31.9 Å². The van der Waals surface area contributed by atoms with Crippen molar-refractivity contribution in [3.05, 3.63) is 48.6 Å². The number of benzene rings is 1. The number of hydrogen-bond acceptors (Lipinski definition) is 1. The second kappa shape index (κ2) is 4.74. The molecule has 1 saturated heterocycles. The number of amides is 1. The molecule has 2 rings (SSSR count). The predicted molar refractivity (Wildman–Crippen MR) is 69.5 cm³/mol. The standard InChI is InChI=1S/C15H19NO/c1-4-13-14(5-2)16(15(13)17)11(3)12-9-7-6-8-10-12/h5-11,13-14H,2,4H2,1,3H3/t11-,13+,14+/m0/s1. The summed E-state index contributed by atoms with van der Waals surface area (Å²) in [6.07, 6.45) is 2.79. The number of β-lactam (4-membered cyclic amide) rings is 1. The van der Waals surface area contributed by atoms with Gasteiger partial charge in [-0.1, -0.05) is 43.3 Å². The molecule has 1 fully saturated rings. The first-order valence-corrected chi connectivity index (χ1v) is 6.20. The normalized spacial score (nSPS) is 25.3. The minimum absolute atomic E-state index is 0.134. The van der Waals surface area contributed by atoms with Gasteiger partial charge < -0.3 is 4.90 Å². The van der Waals surface area contributed by atoms with Crippen LogP contribution in [0.15, 0.2) is 43.0 Å². The van der Waals surface area contributed by atoms with Crippen molar-refractivity contribution in [2.24, 2.45) is 5.92 Å². The number of nitrogens with zero attached hydrogens (tertiary/aromatic N) is 1. The van der Waals surface area contributed by atoms with Crippen molar-refractivity contribution in [2.45, 2.75) is 32.4 Å². The Morgan fingerprint density at radius 3 is 2.59 bits per heavy atom. The maximum Gasteiger partial charge on any atom is 0.229 e. The number of hydrogen-bond donors (Lipinski definition) is 0. The van der Waals surface area contributed by atoms with Crippen molar-refractivity contribution in [1.29, 1.82) is 0 Å². The monoisotopic (exact) mass is 229 g/mol. The molecule has 17 heavy (non-hydrogen) atoms. The summed E-state index contributed by atoms with van der Waals surface area (Å²) in [4.78, 5) is 14.0. The summed E-state index contributed by atoms with van der Waals surface area (Å²) in [5.74, 6) is 0.396. The van der Waals surface area contributed by atoms with Gasteiger partial charge in [0, 0.05) is 0 Å². The van der Waals surface area contributed by atoms with E-state index in [9.17, 15) is 4.79 Å². The van der Waals surface area contributed by atoms with Crippen LogP contribution in [-0.4, -0.2) is 16.8 Å². The molecule has 1 amide bonds. The molecule has 0 aliphatic carbocycles. The molecule has 0 bridgehead atoms. The smallest absolute Gasteiger partial charge is 0.229 e. The van der Waals surface area contributed by atoms with Gasteiger partial charge >= 0.3 is 0 Å². The fourth-order valence-electron chi connectivity index (χ4n) is 2.63. The minimum Gasteiger partial charge on any atom is -0.328 e. The average Bonchev–Trinajstić information content (AvgIpc) is 2.37. The lowest BCUT2D eigenvalue weighted by Gasteiger charge is -2.49. The molecule has 0 spiro atoms. The van der Waals surface area contributed by atoms with E-state index in [1.807, 2.05) is 29.2 Å². The lowest BCUT2D eigenvalue weighted by molar-refractivity contribution is -0.157. The van der Waals surface area contributed by atoms with Crippen molar-refractivity contribution >= 4 is 5.91 Å². The Morgan fingerprint density at radius 1 is 1.41 bits per heavy atom. The fourth-order valence-corrected chi connectivity index (χ4v) is 2.63. The van der Waals surface area contributed by atoms with Gasteiger partial charge in [-0.25, -0.2) is 0 Å². The maximum atomic E-state index is 12.1. The summed E-state index contributed by atoms with van der Waals surface area (Å²) in [5.41, 5.74) is 1.18. The van der Waals surface area contributed by atoms with Crippen molar-refractivity contribution < 1.29 is 4.79 Å². The second-order valence-corrected chi connectivity index (χ2v) is 4.57. The Hall–Kier alpha value is -1.57. The van der Waals surface area contributed by atoms with Gasteiger partial charge in [0.1, 0.15) is 0 Å². The molecule has 0 N–H and O–H groups in total.